The summed E-state index contributed by atoms with van der Waals surface area (Å²) in [6.07, 6.45) is 1.09. The molecule has 0 saturated carbocycles. The van der Waals surface area contributed by atoms with E-state index in [0.717, 1.165) is 22.3 Å². The highest BCUT2D eigenvalue weighted by Crippen LogP contribution is 2.21. The first-order valence-corrected chi connectivity index (χ1v) is 10.6. The van der Waals surface area contributed by atoms with Crippen LogP contribution in [0, 0.1) is 0 Å². The van der Waals surface area contributed by atoms with Crippen LogP contribution in [0.15, 0.2) is 23.0 Å². The number of carbonyl (C=O) groups is 1. The Balaban J connectivity index is 1.69. The number of sulfonamides is 1. The Kier molecular flexibility index (Phi) is 5.16. The molecule has 2 aromatic rings. The number of carbonyl (C=O) groups excluding carboxylic acids is 1. The van der Waals surface area contributed by atoms with Crippen LogP contribution in [0.2, 0.25) is 5.02 Å². The van der Waals surface area contributed by atoms with E-state index >= 15 is 0 Å². The first-order chi connectivity index (χ1) is 11.7. The molecule has 1 aliphatic rings. The Hall–Kier alpha value is -1.46. The minimum atomic E-state index is -3.32. The summed E-state index contributed by atoms with van der Waals surface area (Å²) in [5, 5.41) is 2.07. The number of nitrogens with one attached hydrogen (secondary N) is 1. The fraction of sp³-hybridized carbons (Fsp3) is 0.429. The predicted octanol–water partition coefficient (Wildman–Crippen LogP) is 0.325. The highest BCUT2D eigenvalue weighted by Gasteiger charge is 2.23. The van der Waals surface area contributed by atoms with Gasteiger partial charge >= 0.3 is 4.87 Å². The smallest absolute Gasteiger partial charge is 0.308 e. The SMILES string of the molecule is CS(=O)(=O)NN1CCN(C(=O)Cn2c(=O)sc3ccc(Cl)cc32)CC1. The molecule has 3 rings (SSSR count). The summed E-state index contributed by atoms with van der Waals surface area (Å²) in [4.78, 5) is 28.5. The van der Waals surface area contributed by atoms with Gasteiger partial charge in [0.2, 0.25) is 15.9 Å². The molecule has 25 heavy (non-hydrogen) atoms. The fourth-order valence-corrected chi connectivity index (χ4v) is 4.39. The van der Waals surface area contributed by atoms with E-state index in [9.17, 15) is 18.0 Å². The average Bonchev–Trinajstić information content (AvgIpc) is 2.82. The molecule has 0 unspecified atom stereocenters. The summed E-state index contributed by atoms with van der Waals surface area (Å²) in [7, 11) is -3.32. The quantitative estimate of drug-likeness (QED) is 0.792. The van der Waals surface area contributed by atoms with Crippen molar-refractivity contribution in [1.82, 2.24) is 19.3 Å². The molecule has 136 valence electrons. The van der Waals surface area contributed by atoms with Crippen molar-refractivity contribution in [2.24, 2.45) is 0 Å². The lowest BCUT2D eigenvalue weighted by Gasteiger charge is -2.34. The topological polar surface area (TPSA) is 91.7 Å². The van der Waals surface area contributed by atoms with Crippen LogP contribution in [0.5, 0.6) is 0 Å². The molecule has 1 amide bonds. The molecule has 0 radical (unpaired) electrons. The van der Waals surface area contributed by atoms with Crippen LogP contribution < -0.4 is 9.70 Å². The molecule has 1 N–H and O–H groups in total. The number of thiazole rings is 1. The minimum Gasteiger partial charge on any atom is -0.338 e. The molecular weight excluding hydrogens is 388 g/mol. The second-order valence-electron chi connectivity index (χ2n) is 5.80. The largest absolute Gasteiger partial charge is 0.338 e. The van der Waals surface area contributed by atoms with Crippen molar-refractivity contribution in [1.29, 1.82) is 0 Å². The second kappa shape index (κ2) is 7.04. The molecule has 1 aromatic heterocycles. The van der Waals surface area contributed by atoms with Gasteiger partial charge in [-0.3, -0.25) is 14.2 Å². The van der Waals surface area contributed by atoms with Crippen LogP contribution >= 0.6 is 22.9 Å². The third kappa shape index (κ3) is 4.39. The van der Waals surface area contributed by atoms with Crippen LogP contribution in [0.25, 0.3) is 10.2 Å². The third-order valence-corrected chi connectivity index (χ3v) is 5.64. The molecule has 2 heterocycles. The molecule has 11 heteroatoms. The van der Waals surface area contributed by atoms with Gasteiger partial charge in [0, 0.05) is 31.2 Å². The lowest BCUT2D eigenvalue weighted by Crippen LogP contribution is -2.55. The van der Waals surface area contributed by atoms with Crippen LogP contribution in [-0.2, 0) is 21.4 Å². The van der Waals surface area contributed by atoms with Crippen molar-refractivity contribution in [3.8, 4) is 0 Å². The van der Waals surface area contributed by atoms with Gasteiger partial charge in [-0.25, -0.2) is 13.4 Å². The van der Waals surface area contributed by atoms with Gasteiger partial charge in [-0.15, -0.1) is 4.83 Å². The van der Waals surface area contributed by atoms with Crippen molar-refractivity contribution >= 4 is 49.1 Å². The first kappa shape index (κ1) is 18.3. The van der Waals surface area contributed by atoms with Gasteiger partial charge in [0.05, 0.1) is 16.5 Å². The Morgan fingerprint density at radius 2 is 1.96 bits per heavy atom. The van der Waals surface area contributed by atoms with Crippen molar-refractivity contribution in [2.75, 3.05) is 32.4 Å². The van der Waals surface area contributed by atoms with E-state index in [-0.39, 0.29) is 17.3 Å². The van der Waals surface area contributed by atoms with Crippen molar-refractivity contribution in [2.45, 2.75) is 6.54 Å². The summed E-state index contributed by atoms with van der Waals surface area (Å²) in [5.41, 5.74) is 0.647. The number of hydrogen-bond donors (Lipinski definition) is 1. The molecule has 0 aliphatic carbocycles. The standard InChI is InChI=1S/C14H17ClN4O4S2/c1-25(22,23)16-18-6-4-17(5-7-18)13(20)9-19-11-8-10(15)2-3-12(11)24-14(19)21/h2-3,8,16H,4-7,9H2,1H3. The number of amides is 1. The molecule has 0 spiro atoms. The number of piperazine rings is 1. The van der Waals surface area contributed by atoms with Crippen LogP contribution in [0.3, 0.4) is 0 Å². The number of hydrazine groups is 1. The summed E-state index contributed by atoms with van der Waals surface area (Å²) in [6.45, 7) is 1.50. The van der Waals surface area contributed by atoms with Gasteiger partial charge in [-0.1, -0.05) is 22.9 Å². The number of aromatic nitrogens is 1. The Morgan fingerprint density at radius 3 is 2.60 bits per heavy atom. The van der Waals surface area contributed by atoms with E-state index in [1.165, 1.54) is 4.57 Å². The molecule has 1 aromatic carbocycles. The first-order valence-electron chi connectivity index (χ1n) is 7.52. The zero-order valence-corrected chi connectivity index (χ0v) is 15.8. The number of benzene rings is 1. The zero-order valence-electron chi connectivity index (χ0n) is 13.4. The summed E-state index contributed by atoms with van der Waals surface area (Å²) in [5.74, 6) is -0.180. The third-order valence-electron chi connectivity index (χ3n) is 3.85. The van der Waals surface area contributed by atoms with E-state index in [1.54, 1.807) is 28.1 Å². The molecule has 8 nitrogen and oxygen atoms in total. The fourth-order valence-electron chi connectivity index (χ4n) is 2.70. The maximum absolute atomic E-state index is 12.5. The molecule has 1 aliphatic heterocycles. The number of fused-ring (bicyclic) bond motifs is 1. The average molecular weight is 405 g/mol. The summed E-state index contributed by atoms with van der Waals surface area (Å²) < 4.78 is 24.7. The minimum absolute atomic E-state index is 0.0569. The Labute approximate surface area is 153 Å². The highest BCUT2D eigenvalue weighted by atomic mass is 35.5. The summed E-state index contributed by atoms with van der Waals surface area (Å²) in [6, 6.07) is 5.15. The van der Waals surface area contributed by atoms with Gasteiger partial charge < -0.3 is 4.90 Å². The van der Waals surface area contributed by atoms with Crippen molar-refractivity contribution < 1.29 is 13.2 Å². The van der Waals surface area contributed by atoms with E-state index in [0.29, 0.717) is 36.7 Å². The maximum atomic E-state index is 12.5. The molecule has 1 saturated heterocycles. The lowest BCUT2D eigenvalue weighted by molar-refractivity contribution is -0.133. The van der Waals surface area contributed by atoms with Crippen LogP contribution in [-0.4, -0.2) is 61.2 Å². The van der Waals surface area contributed by atoms with Gasteiger partial charge in [0.25, 0.3) is 0 Å². The Morgan fingerprint density at radius 1 is 1.28 bits per heavy atom. The second-order valence-corrected chi connectivity index (χ2v) is 8.95. The van der Waals surface area contributed by atoms with Crippen LogP contribution in [0.1, 0.15) is 0 Å². The van der Waals surface area contributed by atoms with Gasteiger partial charge in [0.15, 0.2) is 0 Å². The molecular formula is C14H17ClN4O4S2. The molecule has 0 bridgehead atoms. The van der Waals surface area contributed by atoms with E-state index < -0.39 is 10.0 Å². The summed E-state index contributed by atoms with van der Waals surface area (Å²) >= 11 is 7.06. The number of halogens is 1. The molecule has 1 fully saturated rings. The molecule has 0 atom stereocenters. The van der Waals surface area contributed by atoms with E-state index in [1.807, 2.05) is 0 Å². The van der Waals surface area contributed by atoms with Gasteiger partial charge in [-0.2, -0.15) is 0 Å². The number of nitrogens with zero attached hydrogens (tertiary/aromatic N) is 3. The normalized spacial score (nSPS) is 16.5. The highest BCUT2D eigenvalue weighted by molar-refractivity contribution is 7.88. The Bertz CT molecular complexity index is 961. The maximum Gasteiger partial charge on any atom is 0.308 e. The van der Waals surface area contributed by atoms with Gasteiger partial charge in [-0.05, 0) is 18.2 Å². The van der Waals surface area contributed by atoms with Crippen molar-refractivity contribution in [3.63, 3.8) is 0 Å². The van der Waals surface area contributed by atoms with Crippen molar-refractivity contribution in [3.05, 3.63) is 32.9 Å². The monoisotopic (exact) mass is 404 g/mol. The number of rotatable bonds is 4. The number of hydrogen-bond acceptors (Lipinski definition) is 6. The van der Waals surface area contributed by atoms with Crippen LogP contribution in [0.4, 0.5) is 0 Å². The van der Waals surface area contributed by atoms with Gasteiger partial charge in [0.1, 0.15) is 6.54 Å². The van der Waals surface area contributed by atoms with E-state index in [4.69, 9.17) is 11.6 Å². The lowest BCUT2D eigenvalue weighted by atomic mass is 10.3. The zero-order chi connectivity index (χ0) is 18.2. The van der Waals surface area contributed by atoms with E-state index in [2.05, 4.69) is 4.83 Å². The predicted molar refractivity (Wildman–Crippen MR) is 97.2 cm³/mol.